The minimum absolute atomic E-state index is 0. The van der Waals surface area contributed by atoms with Crippen LogP contribution in [-0.4, -0.2) is 55.6 Å². The van der Waals surface area contributed by atoms with Crippen molar-refractivity contribution in [1.82, 2.24) is 10.2 Å². The van der Waals surface area contributed by atoms with Crippen LogP contribution < -0.4 is 11.1 Å². The first-order valence-corrected chi connectivity index (χ1v) is 8.51. The molecule has 1 saturated heterocycles. The van der Waals surface area contributed by atoms with Gasteiger partial charge in [0.15, 0.2) is 0 Å². The minimum Gasteiger partial charge on any atom is -0.380 e. The van der Waals surface area contributed by atoms with Gasteiger partial charge in [0, 0.05) is 38.3 Å². The quantitative estimate of drug-likeness (QED) is 0.764. The van der Waals surface area contributed by atoms with Crippen molar-refractivity contribution in [2.45, 2.75) is 37.8 Å². The van der Waals surface area contributed by atoms with Crippen molar-refractivity contribution in [2.24, 2.45) is 5.73 Å². The average molecular weight is 370 g/mol. The van der Waals surface area contributed by atoms with E-state index in [0.717, 1.165) is 25.8 Å². The molecule has 0 aliphatic carbocycles. The molecule has 0 saturated carbocycles. The predicted octanol–water partition coefficient (Wildman–Crippen LogP) is 1.58. The zero-order chi connectivity index (χ0) is 17.4. The number of likely N-dealkylation sites (tertiary alicyclic amines) is 1. The summed E-state index contributed by atoms with van der Waals surface area (Å²) in [5.41, 5.74) is 6.24. The zero-order valence-electron chi connectivity index (χ0n) is 14.6. The first-order chi connectivity index (χ1) is 11.7. The highest BCUT2D eigenvalue weighted by molar-refractivity contribution is 5.94. The van der Waals surface area contributed by atoms with E-state index in [9.17, 15) is 9.59 Å². The van der Waals surface area contributed by atoms with Crippen LogP contribution in [0, 0.1) is 0 Å². The summed E-state index contributed by atoms with van der Waals surface area (Å²) in [5, 5.41) is 2.95. The fraction of sp³-hybridized carbons (Fsp3) is 0.556. The third kappa shape index (κ3) is 6.30. The summed E-state index contributed by atoms with van der Waals surface area (Å²) in [5.74, 6) is -0.0590. The highest BCUT2D eigenvalue weighted by atomic mass is 35.5. The number of nitrogens with one attached hydrogen (secondary N) is 1. The summed E-state index contributed by atoms with van der Waals surface area (Å²) in [6.07, 6.45) is 3.01. The Hall–Kier alpha value is -1.63. The standard InChI is InChI=1S/C18H27N3O3.ClH/c1-24-16(12-19)11-17(22)21-10-6-5-9-15(21)13-20-18(23)14-7-3-2-4-8-14;/h2-4,7-8,15-16H,5-6,9-13,19H2,1H3,(H,20,23);1H. The summed E-state index contributed by atoms with van der Waals surface area (Å²) in [7, 11) is 1.57. The second kappa shape index (κ2) is 11.1. The number of piperidine rings is 1. The molecule has 2 unspecified atom stereocenters. The molecule has 1 aromatic carbocycles. The second-order valence-corrected chi connectivity index (χ2v) is 6.11. The Morgan fingerprint density at radius 3 is 2.68 bits per heavy atom. The number of methoxy groups -OCH3 is 1. The molecule has 1 aromatic rings. The third-order valence-electron chi connectivity index (χ3n) is 4.48. The maximum absolute atomic E-state index is 12.5. The maximum atomic E-state index is 12.5. The number of amides is 2. The van der Waals surface area contributed by atoms with Gasteiger partial charge in [-0.3, -0.25) is 9.59 Å². The number of hydrogen-bond donors (Lipinski definition) is 2. The van der Waals surface area contributed by atoms with Gasteiger partial charge < -0.3 is 20.7 Å². The Morgan fingerprint density at radius 2 is 2.04 bits per heavy atom. The highest BCUT2D eigenvalue weighted by Crippen LogP contribution is 2.18. The third-order valence-corrected chi connectivity index (χ3v) is 4.48. The van der Waals surface area contributed by atoms with Gasteiger partial charge in [0.2, 0.25) is 5.91 Å². The Bertz CT molecular complexity index is 538. The second-order valence-electron chi connectivity index (χ2n) is 6.11. The van der Waals surface area contributed by atoms with Crippen molar-refractivity contribution in [3.63, 3.8) is 0 Å². The molecular formula is C18H28ClN3O3. The normalized spacial score (nSPS) is 18.2. The molecule has 0 aromatic heterocycles. The summed E-state index contributed by atoms with van der Waals surface area (Å²) in [6.45, 7) is 1.52. The van der Waals surface area contributed by atoms with E-state index in [1.54, 1.807) is 19.2 Å². The van der Waals surface area contributed by atoms with E-state index >= 15 is 0 Å². The van der Waals surface area contributed by atoms with Gasteiger partial charge >= 0.3 is 0 Å². The van der Waals surface area contributed by atoms with E-state index in [4.69, 9.17) is 10.5 Å². The molecule has 1 heterocycles. The number of ether oxygens (including phenoxy) is 1. The van der Waals surface area contributed by atoms with E-state index in [1.165, 1.54) is 0 Å². The van der Waals surface area contributed by atoms with Crippen LogP contribution in [0.1, 0.15) is 36.0 Å². The van der Waals surface area contributed by atoms with Gasteiger partial charge in [0.05, 0.1) is 12.5 Å². The Kier molecular flexibility index (Phi) is 9.49. The largest absolute Gasteiger partial charge is 0.380 e. The van der Waals surface area contributed by atoms with Gasteiger partial charge in [-0.2, -0.15) is 0 Å². The van der Waals surface area contributed by atoms with Gasteiger partial charge in [-0.1, -0.05) is 18.2 Å². The molecule has 6 nitrogen and oxygen atoms in total. The van der Waals surface area contributed by atoms with Crippen LogP contribution in [0.3, 0.4) is 0 Å². The lowest BCUT2D eigenvalue weighted by Gasteiger charge is -2.36. The van der Waals surface area contributed by atoms with Crippen molar-refractivity contribution >= 4 is 24.2 Å². The molecule has 0 bridgehead atoms. The van der Waals surface area contributed by atoms with Crippen molar-refractivity contribution in [2.75, 3.05) is 26.7 Å². The molecule has 2 rings (SSSR count). The van der Waals surface area contributed by atoms with E-state index in [2.05, 4.69) is 5.32 Å². The van der Waals surface area contributed by atoms with Gasteiger partial charge in [-0.15, -0.1) is 12.4 Å². The minimum atomic E-state index is -0.251. The number of nitrogens with zero attached hydrogens (tertiary/aromatic N) is 1. The van der Waals surface area contributed by atoms with Crippen molar-refractivity contribution in [1.29, 1.82) is 0 Å². The number of halogens is 1. The van der Waals surface area contributed by atoms with Crippen molar-refractivity contribution in [3.8, 4) is 0 Å². The lowest BCUT2D eigenvalue weighted by Crippen LogP contribution is -2.50. The lowest BCUT2D eigenvalue weighted by atomic mass is 10.0. The number of carbonyl (C=O) groups excluding carboxylic acids is 2. The van der Waals surface area contributed by atoms with Crippen molar-refractivity contribution < 1.29 is 14.3 Å². The van der Waals surface area contributed by atoms with Crippen LogP contribution in [0.2, 0.25) is 0 Å². The summed E-state index contributed by atoms with van der Waals surface area (Å²) in [4.78, 5) is 26.6. The summed E-state index contributed by atoms with van der Waals surface area (Å²) >= 11 is 0. The molecule has 0 radical (unpaired) electrons. The molecule has 1 fully saturated rings. The van der Waals surface area contributed by atoms with Gasteiger partial charge in [0.1, 0.15) is 0 Å². The maximum Gasteiger partial charge on any atom is 0.251 e. The molecule has 140 valence electrons. The van der Waals surface area contributed by atoms with Gasteiger partial charge in [-0.25, -0.2) is 0 Å². The molecule has 2 atom stereocenters. The Morgan fingerprint density at radius 1 is 1.32 bits per heavy atom. The molecule has 3 N–H and O–H groups in total. The van der Waals surface area contributed by atoms with Gasteiger partial charge in [0.25, 0.3) is 5.91 Å². The SMILES string of the molecule is COC(CN)CC(=O)N1CCCCC1CNC(=O)c1ccccc1.Cl. The van der Waals surface area contributed by atoms with Crippen LogP contribution in [-0.2, 0) is 9.53 Å². The van der Waals surface area contributed by atoms with E-state index < -0.39 is 0 Å². The molecule has 0 spiro atoms. The van der Waals surface area contributed by atoms with Gasteiger partial charge in [-0.05, 0) is 31.4 Å². The lowest BCUT2D eigenvalue weighted by molar-refractivity contribution is -0.137. The number of hydrogen-bond acceptors (Lipinski definition) is 4. The smallest absolute Gasteiger partial charge is 0.251 e. The van der Waals surface area contributed by atoms with E-state index in [1.807, 2.05) is 23.1 Å². The number of carbonyl (C=O) groups is 2. The fourth-order valence-corrected chi connectivity index (χ4v) is 3.02. The molecule has 1 aliphatic rings. The fourth-order valence-electron chi connectivity index (χ4n) is 3.02. The molecule has 7 heteroatoms. The summed E-state index contributed by atoms with van der Waals surface area (Å²) in [6, 6.07) is 9.15. The number of nitrogens with two attached hydrogens (primary N) is 1. The molecule has 2 amide bonds. The van der Waals surface area contributed by atoms with E-state index in [-0.39, 0.29) is 42.8 Å². The highest BCUT2D eigenvalue weighted by Gasteiger charge is 2.28. The first-order valence-electron chi connectivity index (χ1n) is 8.51. The van der Waals surface area contributed by atoms with Crippen LogP contribution >= 0.6 is 12.4 Å². The topological polar surface area (TPSA) is 84.7 Å². The van der Waals surface area contributed by atoms with Crippen LogP contribution in [0.25, 0.3) is 0 Å². The van der Waals surface area contributed by atoms with Crippen LogP contribution in [0.15, 0.2) is 30.3 Å². The Labute approximate surface area is 155 Å². The zero-order valence-corrected chi connectivity index (χ0v) is 15.5. The molecule has 1 aliphatic heterocycles. The molecular weight excluding hydrogens is 342 g/mol. The van der Waals surface area contributed by atoms with E-state index in [0.29, 0.717) is 18.7 Å². The summed E-state index contributed by atoms with van der Waals surface area (Å²) < 4.78 is 5.21. The van der Waals surface area contributed by atoms with Crippen LogP contribution in [0.5, 0.6) is 0 Å². The average Bonchev–Trinajstić information content (AvgIpc) is 2.64. The first kappa shape index (κ1) is 21.4. The number of rotatable bonds is 7. The van der Waals surface area contributed by atoms with Crippen LogP contribution in [0.4, 0.5) is 0 Å². The Balaban J connectivity index is 0.00000312. The molecule has 25 heavy (non-hydrogen) atoms. The number of benzene rings is 1. The predicted molar refractivity (Wildman–Crippen MR) is 99.8 cm³/mol. The monoisotopic (exact) mass is 369 g/mol. The van der Waals surface area contributed by atoms with Crippen molar-refractivity contribution in [3.05, 3.63) is 35.9 Å².